The summed E-state index contributed by atoms with van der Waals surface area (Å²) in [6, 6.07) is 0. The first-order valence-electron chi connectivity index (χ1n) is 5.98. The Hall–Kier alpha value is -1.35. The van der Waals surface area contributed by atoms with E-state index in [0.29, 0.717) is 18.8 Å². The number of carbonyl (C=O) groups excluding carboxylic acids is 1. The first-order valence-corrected chi connectivity index (χ1v) is 7.69. The molecule has 0 spiro atoms. The number of oxime groups is 1. The first kappa shape index (κ1) is 15.7. The van der Waals surface area contributed by atoms with Crippen molar-refractivity contribution in [1.29, 1.82) is 0 Å². The van der Waals surface area contributed by atoms with Crippen molar-refractivity contribution in [3.05, 3.63) is 0 Å². The molecule has 1 aliphatic rings. The highest BCUT2D eigenvalue weighted by Gasteiger charge is 2.51. The van der Waals surface area contributed by atoms with Crippen LogP contribution in [0, 0.1) is 11.3 Å². The summed E-state index contributed by atoms with van der Waals surface area (Å²) in [6.45, 7) is 2.15. The summed E-state index contributed by atoms with van der Waals surface area (Å²) >= 11 is 0. The highest BCUT2D eigenvalue weighted by atomic mass is 32.2. The average molecular weight is 292 g/mol. The van der Waals surface area contributed by atoms with Gasteiger partial charge in [-0.3, -0.25) is 4.79 Å². The zero-order chi connectivity index (χ0) is 14.7. The molecule has 0 bridgehead atoms. The quantitative estimate of drug-likeness (QED) is 0.162. The topological polar surface area (TPSA) is 148 Å². The molecule has 0 aromatic heterocycles. The Morgan fingerprint density at radius 3 is 2.53 bits per heavy atom. The van der Waals surface area contributed by atoms with Gasteiger partial charge in [0.25, 0.3) is 0 Å². The fourth-order valence-corrected chi connectivity index (χ4v) is 2.93. The zero-order valence-corrected chi connectivity index (χ0v) is 11.6. The Labute approximate surface area is 112 Å². The molecule has 0 aromatic carbocycles. The molecule has 0 heterocycles. The van der Waals surface area contributed by atoms with Crippen LogP contribution in [0.5, 0.6) is 0 Å². The fourth-order valence-electron chi connectivity index (χ4n) is 2.38. The van der Waals surface area contributed by atoms with E-state index in [2.05, 4.69) is 10.5 Å². The number of nitrogens with zero attached hydrogens (tertiary/aromatic N) is 1. The molecule has 19 heavy (non-hydrogen) atoms. The van der Waals surface area contributed by atoms with Gasteiger partial charge in [0.15, 0.2) is 5.84 Å². The Balaban J connectivity index is 2.52. The molecule has 6 N–H and O–H groups in total. The first-order chi connectivity index (χ1) is 8.71. The number of hydrogen-bond donors (Lipinski definition) is 4. The van der Waals surface area contributed by atoms with Crippen LogP contribution in [0.15, 0.2) is 5.16 Å². The van der Waals surface area contributed by atoms with Crippen LogP contribution in [0.2, 0.25) is 0 Å². The molecular formula is C10H20N4O4S. The molecule has 9 heteroatoms. The Morgan fingerprint density at radius 1 is 1.53 bits per heavy atom. The van der Waals surface area contributed by atoms with E-state index in [4.69, 9.17) is 16.1 Å². The Kier molecular flexibility index (Phi) is 4.75. The van der Waals surface area contributed by atoms with Gasteiger partial charge in [-0.05, 0) is 25.2 Å². The monoisotopic (exact) mass is 292 g/mol. The smallest absolute Gasteiger partial charge is 0.233 e. The van der Waals surface area contributed by atoms with Crippen molar-refractivity contribution < 1.29 is 18.4 Å². The van der Waals surface area contributed by atoms with Crippen molar-refractivity contribution in [3.8, 4) is 0 Å². The van der Waals surface area contributed by atoms with E-state index in [1.807, 2.05) is 6.92 Å². The van der Waals surface area contributed by atoms with Crippen molar-refractivity contribution in [2.24, 2.45) is 27.4 Å². The third-order valence-electron chi connectivity index (χ3n) is 3.32. The van der Waals surface area contributed by atoms with E-state index in [9.17, 15) is 13.2 Å². The Morgan fingerprint density at radius 2 is 2.11 bits per heavy atom. The number of primary sulfonamides is 1. The van der Waals surface area contributed by atoms with Crippen molar-refractivity contribution in [1.82, 2.24) is 5.32 Å². The minimum absolute atomic E-state index is 0.102. The summed E-state index contributed by atoms with van der Waals surface area (Å²) < 4.78 is 21.5. The number of carbonyl (C=O) groups is 1. The van der Waals surface area contributed by atoms with E-state index < -0.39 is 15.4 Å². The molecule has 110 valence electrons. The Bertz CT molecular complexity index is 468. The van der Waals surface area contributed by atoms with Crippen molar-refractivity contribution >= 4 is 21.8 Å². The van der Waals surface area contributed by atoms with E-state index in [1.165, 1.54) is 0 Å². The lowest BCUT2D eigenvalue weighted by molar-refractivity contribution is -0.133. The van der Waals surface area contributed by atoms with Crippen molar-refractivity contribution in [3.63, 3.8) is 0 Å². The molecule has 0 aromatic rings. The van der Waals surface area contributed by atoms with Crippen LogP contribution in [0.3, 0.4) is 0 Å². The van der Waals surface area contributed by atoms with Gasteiger partial charge in [-0.2, -0.15) is 0 Å². The SMILES string of the molecule is CC1CC(C(=O)NCCCS(N)(=O)=O)(C(N)=NO)C1. The molecule has 0 aliphatic heterocycles. The molecule has 1 fully saturated rings. The van der Waals surface area contributed by atoms with E-state index >= 15 is 0 Å². The largest absolute Gasteiger partial charge is 0.409 e. The molecular weight excluding hydrogens is 272 g/mol. The van der Waals surface area contributed by atoms with Gasteiger partial charge in [0.2, 0.25) is 15.9 Å². The van der Waals surface area contributed by atoms with Crippen LogP contribution in [0.4, 0.5) is 0 Å². The number of hydrogen-bond acceptors (Lipinski definition) is 5. The molecule has 8 nitrogen and oxygen atoms in total. The van der Waals surface area contributed by atoms with Crippen molar-refractivity contribution in [2.75, 3.05) is 12.3 Å². The normalized spacial score (nSPS) is 27.7. The second-order valence-corrected chi connectivity index (χ2v) is 6.79. The predicted molar refractivity (Wildman–Crippen MR) is 69.8 cm³/mol. The lowest BCUT2D eigenvalue weighted by Crippen LogP contribution is -2.56. The maximum atomic E-state index is 12.1. The molecule has 0 radical (unpaired) electrons. The second-order valence-electron chi connectivity index (χ2n) is 5.06. The van der Waals surface area contributed by atoms with E-state index in [0.717, 1.165) is 0 Å². The molecule has 0 unspecified atom stereocenters. The molecule has 1 aliphatic carbocycles. The maximum Gasteiger partial charge on any atom is 0.233 e. The van der Waals surface area contributed by atoms with Crippen LogP contribution in [-0.2, 0) is 14.8 Å². The molecule has 1 saturated carbocycles. The maximum absolute atomic E-state index is 12.1. The van der Waals surface area contributed by atoms with Crippen LogP contribution >= 0.6 is 0 Å². The second kappa shape index (κ2) is 5.74. The molecule has 1 amide bonds. The van der Waals surface area contributed by atoms with Gasteiger partial charge in [-0.15, -0.1) is 0 Å². The highest BCUT2D eigenvalue weighted by molar-refractivity contribution is 7.89. The van der Waals surface area contributed by atoms with Gasteiger partial charge >= 0.3 is 0 Å². The number of amides is 1. The summed E-state index contributed by atoms with van der Waals surface area (Å²) in [5.74, 6) is -0.305. The molecule has 1 rings (SSSR count). The number of nitrogens with one attached hydrogen (secondary N) is 1. The molecule has 0 saturated heterocycles. The summed E-state index contributed by atoms with van der Waals surface area (Å²) in [4.78, 5) is 12.1. The standard InChI is InChI=1S/C10H20N4O4S/c1-7-5-10(6-7,8(11)14-16)9(15)13-3-2-4-19(12,17)18/h7,16H,2-6H2,1H3,(H2,11,14)(H,13,15)(H2,12,17,18). The van der Waals surface area contributed by atoms with Gasteiger partial charge in [-0.25, -0.2) is 13.6 Å². The highest BCUT2D eigenvalue weighted by Crippen LogP contribution is 2.45. The average Bonchev–Trinajstić information content (AvgIpc) is 2.27. The van der Waals surface area contributed by atoms with Gasteiger partial charge in [0.1, 0.15) is 5.41 Å². The fraction of sp³-hybridized carbons (Fsp3) is 0.800. The third kappa shape index (κ3) is 3.80. The lowest BCUT2D eigenvalue weighted by atomic mass is 9.61. The van der Waals surface area contributed by atoms with E-state index in [-0.39, 0.29) is 30.5 Å². The third-order valence-corrected chi connectivity index (χ3v) is 4.18. The van der Waals surface area contributed by atoms with Gasteiger partial charge in [0.05, 0.1) is 5.75 Å². The van der Waals surface area contributed by atoms with Crippen LogP contribution in [-0.4, -0.2) is 37.7 Å². The number of rotatable bonds is 6. The minimum atomic E-state index is -3.52. The predicted octanol–water partition coefficient (Wildman–Crippen LogP) is -1.06. The van der Waals surface area contributed by atoms with Crippen LogP contribution in [0.25, 0.3) is 0 Å². The summed E-state index contributed by atoms with van der Waals surface area (Å²) in [6.07, 6.45) is 1.26. The zero-order valence-electron chi connectivity index (χ0n) is 10.8. The van der Waals surface area contributed by atoms with Gasteiger partial charge in [-0.1, -0.05) is 12.1 Å². The number of sulfonamides is 1. The molecule has 0 atom stereocenters. The minimum Gasteiger partial charge on any atom is -0.409 e. The lowest BCUT2D eigenvalue weighted by Gasteiger charge is -2.43. The van der Waals surface area contributed by atoms with Crippen molar-refractivity contribution in [2.45, 2.75) is 26.2 Å². The van der Waals surface area contributed by atoms with Crippen LogP contribution in [0.1, 0.15) is 26.2 Å². The van der Waals surface area contributed by atoms with Crippen LogP contribution < -0.4 is 16.2 Å². The van der Waals surface area contributed by atoms with Gasteiger partial charge < -0.3 is 16.3 Å². The summed E-state index contributed by atoms with van der Waals surface area (Å²) in [7, 11) is -3.52. The summed E-state index contributed by atoms with van der Waals surface area (Å²) in [5, 5.41) is 19.1. The van der Waals surface area contributed by atoms with Gasteiger partial charge in [0, 0.05) is 6.54 Å². The summed E-state index contributed by atoms with van der Waals surface area (Å²) in [5.41, 5.74) is 4.61. The number of amidine groups is 1. The number of nitrogens with two attached hydrogens (primary N) is 2. The van der Waals surface area contributed by atoms with E-state index in [1.54, 1.807) is 0 Å².